The number of carbonyl (C=O) groups excluding carboxylic acids is 1. The Morgan fingerprint density at radius 2 is 1.71 bits per heavy atom. The van der Waals surface area contributed by atoms with Crippen LogP contribution in [0, 0.1) is 0 Å². The SMILES string of the molecule is CCOc1ccc(S(=O)(=O)Nc2cc(OC)c(OC)cc2C(=O)NCCc2ccccn2)cc1. The molecule has 0 aliphatic heterocycles. The molecule has 1 amide bonds. The molecule has 0 saturated heterocycles. The van der Waals surface area contributed by atoms with E-state index in [1.54, 1.807) is 18.3 Å². The van der Waals surface area contributed by atoms with E-state index in [1.165, 1.54) is 38.5 Å². The summed E-state index contributed by atoms with van der Waals surface area (Å²) in [5.74, 6) is 0.653. The third-order valence-electron chi connectivity index (χ3n) is 4.85. The molecular weight excluding hydrogens is 458 g/mol. The highest BCUT2D eigenvalue weighted by Crippen LogP contribution is 2.34. The Bertz CT molecular complexity index is 1220. The van der Waals surface area contributed by atoms with Crippen LogP contribution in [0.1, 0.15) is 23.0 Å². The zero-order chi connectivity index (χ0) is 24.6. The van der Waals surface area contributed by atoms with Crippen LogP contribution < -0.4 is 24.2 Å². The number of anilines is 1. The zero-order valence-corrected chi connectivity index (χ0v) is 20.0. The molecular formula is C24H27N3O6S. The quantitative estimate of drug-likeness (QED) is 0.428. The third-order valence-corrected chi connectivity index (χ3v) is 6.23. The van der Waals surface area contributed by atoms with Crippen molar-refractivity contribution in [3.63, 3.8) is 0 Å². The normalized spacial score (nSPS) is 10.9. The molecule has 3 aromatic rings. The van der Waals surface area contributed by atoms with E-state index in [9.17, 15) is 13.2 Å². The smallest absolute Gasteiger partial charge is 0.261 e. The lowest BCUT2D eigenvalue weighted by Crippen LogP contribution is -2.27. The van der Waals surface area contributed by atoms with Gasteiger partial charge in [0.1, 0.15) is 5.75 Å². The second-order valence-corrected chi connectivity index (χ2v) is 8.77. The molecule has 0 saturated carbocycles. The number of carbonyl (C=O) groups is 1. The molecule has 1 aromatic heterocycles. The lowest BCUT2D eigenvalue weighted by molar-refractivity contribution is 0.0954. The predicted molar refractivity (Wildman–Crippen MR) is 128 cm³/mol. The molecule has 180 valence electrons. The number of rotatable bonds is 11. The summed E-state index contributed by atoms with van der Waals surface area (Å²) in [6.07, 6.45) is 2.20. The van der Waals surface area contributed by atoms with Crippen LogP contribution in [-0.2, 0) is 16.4 Å². The summed E-state index contributed by atoms with van der Waals surface area (Å²) < 4.78 is 44.5. The van der Waals surface area contributed by atoms with Gasteiger partial charge in [0.2, 0.25) is 0 Å². The van der Waals surface area contributed by atoms with Gasteiger partial charge in [-0.15, -0.1) is 0 Å². The second-order valence-electron chi connectivity index (χ2n) is 7.09. The predicted octanol–water partition coefficient (Wildman–Crippen LogP) is 3.27. The second kappa shape index (κ2) is 11.4. The molecule has 0 aliphatic carbocycles. The number of hydrogen-bond donors (Lipinski definition) is 2. The van der Waals surface area contributed by atoms with Crippen LogP contribution in [0.2, 0.25) is 0 Å². The van der Waals surface area contributed by atoms with Crippen molar-refractivity contribution in [2.24, 2.45) is 0 Å². The van der Waals surface area contributed by atoms with Crippen molar-refractivity contribution >= 4 is 21.6 Å². The molecule has 0 spiro atoms. The minimum atomic E-state index is -4.00. The van der Waals surface area contributed by atoms with Gasteiger partial charge in [-0.1, -0.05) is 6.07 Å². The van der Waals surface area contributed by atoms with Crippen molar-refractivity contribution in [3.8, 4) is 17.2 Å². The number of sulfonamides is 1. The molecule has 0 atom stereocenters. The summed E-state index contributed by atoms with van der Waals surface area (Å²) in [5.41, 5.74) is 0.974. The van der Waals surface area contributed by atoms with Gasteiger partial charge >= 0.3 is 0 Å². The molecule has 9 nitrogen and oxygen atoms in total. The van der Waals surface area contributed by atoms with Crippen molar-refractivity contribution in [2.45, 2.75) is 18.2 Å². The van der Waals surface area contributed by atoms with Crippen LogP contribution in [0.3, 0.4) is 0 Å². The first kappa shape index (κ1) is 24.8. The van der Waals surface area contributed by atoms with E-state index >= 15 is 0 Å². The fourth-order valence-corrected chi connectivity index (χ4v) is 4.25. The number of nitrogens with one attached hydrogen (secondary N) is 2. The molecule has 10 heteroatoms. The largest absolute Gasteiger partial charge is 0.494 e. The van der Waals surface area contributed by atoms with Gasteiger partial charge in [0.25, 0.3) is 15.9 Å². The van der Waals surface area contributed by atoms with Crippen LogP contribution in [0.4, 0.5) is 5.69 Å². The number of methoxy groups -OCH3 is 2. The van der Waals surface area contributed by atoms with E-state index in [2.05, 4.69) is 15.0 Å². The van der Waals surface area contributed by atoms with Crippen LogP contribution in [-0.4, -0.2) is 46.7 Å². The number of ether oxygens (including phenoxy) is 3. The van der Waals surface area contributed by atoms with Crippen LogP contribution in [0.25, 0.3) is 0 Å². The molecule has 34 heavy (non-hydrogen) atoms. The monoisotopic (exact) mass is 485 g/mol. The van der Waals surface area contributed by atoms with Crippen LogP contribution in [0.15, 0.2) is 65.7 Å². The average Bonchev–Trinajstić information content (AvgIpc) is 2.84. The van der Waals surface area contributed by atoms with Crippen molar-refractivity contribution in [1.82, 2.24) is 10.3 Å². The summed E-state index contributed by atoms with van der Waals surface area (Å²) in [6.45, 7) is 2.62. The Morgan fingerprint density at radius 1 is 1.00 bits per heavy atom. The van der Waals surface area contributed by atoms with E-state index in [4.69, 9.17) is 14.2 Å². The first-order valence-corrected chi connectivity index (χ1v) is 12.1. The minimum absolute atomic E-state index is 0.0206. The Labute approximate surface area is 199 Å². The van der Waals surface area contributed by atoms with Gasteiger partial charge in [0.05, 0.1) is 37.0 Å². The number of amides is 1. The highest BCUT2D eigenvalue weighted by Gasteiger charge is 2.22. The number of pyridine rings is 1. The maximum Gasteiger partial charge on any atom is 0.261 e. The average molecular weight is 486 g/mol. The molecule has 0 bridgehead atoms. The van der Waals surface area contributed by atoms with Gasteiger partial charge in [0.15, 0.2) is 11.5 Å². The molecule has 0 radical (unpaired) electrons. The molecule has 0 aliphatic rings. The highest BCUT2D eigenvalue weighted by molar-refractivity contribution is 7.92. The molecule has 0 unspecified atom stereocenters. The van der Waals surface area contributed by atoms with Crippen molar-refractivity contribution in [2.75, 3.05) is 32.1 Å². The Morgan fingerprint density at radius 3 is 2.32 bits per heavy atom. The van der Waals surface area contributed by atoms with Gasteiger partial charge in [-0.2, -0.15) is 0 Å². The van der Waals surface area contributed by atoms with Crippen LogP contribution in [0.5, 0.6) is 17.2 Å². The summed E-state index contributed by atoms with van der Waals surface area (Å²) in [7, 11) is -1.14. The summed E-state index contributed by atoms with van der Waals surface area (Å²) in [4.78, 5) is 17.2. The third kappa shape index (κ3) is 6.16. The van der Waals surface area contributed by atoms with E-state index < -0.39 is 15.9 Å². The maximum absolute atomic E-state index is 13.0. The molecule has 2 aromatic carbocycles. The molecule has 1 heterocycles. The van der Waals surface area contributed by atoms with Gasteiger partial charge in [-0.3, -0.25) is 14.5 Å². The zero-order valence-electron chi connectivity index (χ0n) is 19.2. The summed E-state index contributed by atoms with van der Waals surface area (Å²) in [6, 6.07) is 14.4. The van der Waals surface area contributed by atoms with Crippen molar-refractivity contribution in [3.05, 3.63) is 72.1 Å². The van der Waals surface area contributed by atoms with Gasteiger partial charge < -0.3 is 19.5 Å². The lowest BCUT2D eigenvalue weighted by Gasteiger charge is -2.16. The van der Waals surface area contributed by atoms with Gasteiger partial charge in [0, 0.05) is 30.9 Å². The molecule has 0 fully saturated rings. The minimum Gasteiger partial charge on any atom is -0.494 e. The summed E-state index contributed by atoms with van der Waals surface area (Å²) >= 11 is 0. The van der Waals surface area contributed by atoms with Crippen molar-refractivity contribution < 1.29 is 27.4 Å². The molecule has 2 N–H and O–H groups in total. The number of aromatic nitrogens is 1. The van der Waals surface area contributed by atoms with Crippen LogP contribution >= 0.6 is 0 Å². The van der Waals surface area contributed by atoms with E-state index in [-0.39, 0.29) is 21.9 Å². The van der Waals surface area contributed by atoms with E-state index in [1.807, 2.05) is 25.1 Å². The highest BCUT2D eigenvalue weighted by atomic mass is 32.2. The fourth-order valence-electron chi connectivity index (χ4n) is 3.18. The standard InChI is InChI=1S/C24H27N3O6S/c1-4-33-18-8-10-19(11-9-18)34(29,30)27-21-16-23(32-3)22(31-2)15-20(21)24(28)26-14-12-17-7-5-6-13-25-17/h5-11,13,15-16,27H,4,12,14H2,1-3H3,(H,26,28). The molecule has 3 rings (SSSR count). The fraction of sp³-hybridized carbons (Fsp3) is 0.250. The maximum atomic E-state index is 13.0. The number of nitrogens with zero attached hydrogens (tertiary/aromatic N) is 1. The summed E-state index contributed by atoms with van der Waals surface area (Å²) in [5, 5.41) is 2.80. The van der Waals surface area contributed by atoms with Gasteiger partial charge in [-0.25, -0.2) is 8.42 Å². The van der Waals surface area contributed by atoms with E-state index in [0.717, 1.165) is 5.69 Å². The topological polar surface area (TPSA) is 116 Å². The number of benzene rings is 2. The van der Waals surface area contributed by atoms with Gasteiger partial charge in [-0.05, 0) is 49.4 Å². The van der Waals surface area contributed by atoms with E-state index in [0.29, 0.717) is 31.1 Å². The lowest BCUT2D eigenvalue weighted by atomic mass is 10.1. The van der Waals surface area contributed by atoms with Crippen molar-refractivity contribution in [1.29, 1.82) is 0 Å². The number of hydrogen-bond acceptors (Lipinski definition) is 7. The first-order valence-electron chi connectivity index (χ1n) is 10.6. The Balaban J connectivity index is 1.86. The first-order chi connectivity index (χ1) is 16.4. The Kier molecular flexibility index (Phi) is 8.31. The Hall–Kier alpha value is -3.79.